The molecule has 138 valence electrons. The smallest absolute Gasteiger partial charge is 0.412 e. The highest BCUT2D eigenvalue weighted by molar-refractivity contribution is 7.08. The fraction of sp³-hybridized carbons (Fsp3) is 0.0588. The van der Waals surface area contributed by atoms with Gasteiger partial charge in [0.2, 0.25) is 5.75 Å². The Balaban J connectivity index is 1.79. The first kappa shape index (κ1) is 18.1. The molecule has 3 aromatic rings. The van der Waals surface area contributed by atoms with Gasteiger partial charge in [0.1, 0.15) is 12.4 Å². The van der Waals surface area contributed by atoms with Crippen molar-refractivity contribution in [3.63, 3.8) is 0 Å². The number of H-pyrrole nitrogens is 1. The van der Waals surface area contributed by atoms with E-state index < -0.39 is 29.1 Å². The highest BCUT2D eigenvalue weighted by Gasteiger charge is 2.20. The van der Waals surface area contributed by atoms with Crippen molar-refractivity contribution in [1.29, 1.82) is 0 Å². The summed E-state index contributed by atoms with van der Waals surface area (Å²) in [7, 11) is 0. The van der Waals surface area contributed by atoms with Gasteiger partial charge in [-0.2, -0.15) is 0 Å². The summed E-state index contributed by atoms with van der Waals surface area (Å²) in [6.45, 7) is 0.0730. The largest absolute Gasteiger partial charge is 0.501 e. The number of aromatic hydroxyl groups is 1. The van der Waals surface area contributed by atoms with Crippen molar-refractivity contribution in [3.8, 4) is 17.1 Å². The van der Waals surface area contributed by atoms with Crippen LogP contribution in [0.25, 0.3) is 11.4 Å². The van der Waals surface area contributed by atoms with Crippen LogP contribution < -0.4 is 10.9 Å². The number of hydrogen-bond acceptors (Lipinski definition) is 7. The number of carbonyl (C=O) groups is 2. The molecule has 0 aliphatic heterocycles. The third kappa shape index (κ3) is 4.12. The van der Waals surface area contributed by atoms with E-state index in [2.05, 4.69) is 15.3 Å². The predicted molar refractivity (Wildman–Crippen MR) is 97.0 cm³/mol. The topological polar surface area (TPSA) is 142 Å². The van der Waals surface area contributed by atoms with E-state index in [4.69, 9.17) is 9.84 Å². The normalized spacial score (nSPS) is 10.4. The minimum absolute atomic E-state index is 0.0730. The van der Waals surface area contributed by atoms with Gasteiger partial charge in [0.15, 0.2) is 5.69 Å². The highest BCUT2D eigenvalue weighted by atomic mass is 32.1. The van der Waals surface area contributed by atoms with Crippen LogP contribution in [0.15, 0.2) is 45.9 Å². The number of nitrogens with zero attached hydrogens (tertiary/aromatic N) is 1. The number of hydrogen-bond donors (Lipinski definition) is 4. The van der Waals surface area contributed by atoms with Crippen LogP contribution in [0.2, 0.25) is 0 Å². The molecule has 0 bridgehead atoms. The molecule has 3 rings (SSSR count). The lowest BCUT2D eigenvalue weighted by Gasteiger charge is -2.08. The van der Waals surface area contributed by atoms with Gasteiger partial charge in [-0.05, 0) is 5.56 Å². The van der Waals surface area contributed by atoms with Gasteiger partial charge in [-0.25, -0.2) is 14.6 Å². The third-order valence-electron chi connectivity index (χ3n) is 3.46. The van der Waals surface area contributed by atoms with Gasteiger partial charge in [0.05, 0.1) is 11.3 Å². The van der Waals surface area contributed by atoms with E-state index in [1.807, 2.05) is 30.3 Å². The Morgan fingerprint density at radius 1 is 1.22 bits per heavy atom. The minimum Gasteiger partial charge on any atom is -0.501 e. The SMILES string of the molecule is O=C(Nc1cscc1-c1nc(C(=O)O)c(O)c(=O)[nH]1)OCc1ccccc1. The standard InChI is InChI=1S/C17H13N3O6S/c21-13-12(16(23)24)19-14(20-15(13)22)10-7-27-8-11(10)18-17(25)26-6-9-4-2-1-3-5-9/h1-5,7-8,21H,6H2,(H,18,25)(H,23,24)(H,19,20,22). The lowest BCUT2D eigenvalue weighted by Crippen LogP contribution is -2.16. The van der Waals surface area contributed by atoms with Gasteiger partial charge in [-0.3, -0.25) is 10.1 Å². The lowest BCUT2D eigenvalue weighted by molar-refractivity contribution is 0.0686. The maximum atomic E-state index is 12.0. The first-order valence-electron chi connectivity index (χ1n) is 7.56. The first-order valence-corrected chi connectivity index (χ1v) is 8.51. The lowest BCUT2D eigenvalue weighted by atomic mass is 10.2. The number of carboxylic acid groups (broad SMARTS) is 1. The average molecular weight is 387 g/mol. The molecule has 0 saturated heterocycles. The predicted octanol–water partition coefficient (Wildman–Crippen LogP) is 2.65. The van der Waals surface area contributed by atoms with E-state index in [1.165, 1.54) is 11.3 Å². The van der Waals surface area contributed by atoms with Gasteiger partial charge in [-0.15, -0.1) is 11.3 Å². The fourth-order valence-corrected chi connectivity index (χ4v) is 2.95. The molecule has 0 spiro atoms. The summed E-state index contributed by atoms with van der Waals surface area (Å²) in [5, 5.41) is 24.2. The van der Waals surface area contributed by atoms with E-state index in [0.29, 0.717) is 0 Å². The van der Waals surface area contributed by atoms with Crippen molar-refractivity contribution in [2.75, 3.05) is 5.32 Å². The fourth-order valence-electron chi connectivity index (χ4n) is 2.19. The molecule has 27 heavy (non-hydrogen) atoms. The van der Waals surface area contributed by atoms with Crippen molar-refractivity contribution in [1.82, 2.24) is 9.97 Å². The van der Waals surface area contributed by atoms with Crippen LogP contribution in [0.3, 0.4) is 0 Å². The van der Waals surface area contributed by atoms with Gasteiger partial charge >= 0.3 is 12.1 Å². The Hall–Kier alpha value is -3.66. The summed E-state index contributed by atoms with van der Waals surface area (Å²) in [6.07, 6.45) is -0.724. The number of carbonyl (C=O) groups excluding carboxylic acids is 1. The van der Waals surface area contributed by atoms with Crippen molar-refractivity contribution in [2.45, 2.75) is 6.61 Å². The summed E-state index contributed by atoms with van der Waals surface area (Å²) in [5.41, 5.74) is -0.396. The quantitative estimate of drug-likeness (QED) is 0.527. The third-order valence-corrected chi connectivity index (χ3v) is 4.21. The zero-order valence-electron chi connectivity index (χ0n) is 13.6. The molecule has 10 heteroatoms. The summed E-state index contributed by atoms with van der Waals surface area (Å²) in [6, 6.07) is 9.10. The molecule has 4 N–H and O–H groups in total. The second-order valence-electron chi connectivity index (χ2n) is 5.30. The van der Waals surface area contributed by atoms with Gasteiger partial charge in [0, 0.05) is 10.8 Å². The van der Waals surface area contributed by atoms with Crippen molar-refractivity contribution >= 4 is 29.1 Å². The molecule has 0 unspecified atom stereocenters. The Morgan fingerprint density at radius 3 is 2.67 bits per heavy atom. The van der Waals surface area contributed by atoms with Crippen LogP contribution in [0.5, 0.6) is 5.75 Å². The molecule has 1 amide bonds. The Kier molecular flexibility index (Phi) is 5.18. The van der Waals surface area contributed by atoms with Crippen LogP contribution in [-0.2, 0) is 11.3 Å². The molecule has 2 heterocycles. The first-order chi connectivity index (χ1) is 13.0. The van der Waals surface area contributed by atoms with E-state index in [0.717, 1.165) is 5.56 Å². The van der Waals surface area contributed by atoms with E-state index in [1.54, 1.807) is 10.8 Å². The second-order valence-corrected chi connectivity index (χ2v) is 6.05. The molecule has 0 radical (unpaired) electrons. The highest BCUT2D eigenvalue weighted by Crippen LogP contribution is 2.30. The van der Waals surface area contributed by atoms with Gasteiger partial charge in [-0.1, -0.05) is 30.3 Å². The van der Waals surface area contributed by atoms with Crippen LogP contribution in [0, 0.1) is 0 Å². The Bertz CT molecular complexity index is 1040. The van der Waals surface area contributed by atoms with Gasteiger partial charge < -0.3 is 19.9 Å². The number of aromatic carboxylic acids is 1. The average Bonchev–Trinajstić information content (AvgIpc) is 3.11. The van der Waals surface area contributed by atoms with Crippen molar-refractivity contribution in [2.24, 2.45) is 0 Å². The summed E-state index contributed by atoms with van der Waals surface area (Å²) in [4.78, 5) is 40.9. The number of rotatable bonds is 5. The molecule has 0 aliphatic carbocycles. The molecule has 0 fully saturated rings. The van der Waals surface area contributed by atoms with Crippen LogP contribution >= 0.6 is 11.3 Å². The summed E-state index contributed by atoms with van der Waals surface area (Å²) in [5.74, 6) is -2.64. The van der Waals surface area contributed by atoms with Crippen molar-refractivity contribution < 1.29 is 24.5 Å². The molecule has 0 atom stereocenters. The number of carboxylic acids is 1. The van der Waals surface area contributed by atoms with E-state index in [-0.39, 0.29) is 23.7 Å². The van der Waals surface area contributed by atoms with Crippen LogP contribution in [0.4, 0.5) is 10.5 Å². The minimum atomic E-state index is -1.55. The molecule has 1 aromatic carbocycles. The Morgan fingerprint density at radius 2 is 1.96 bits per heavy atom. The summed E-state index contributed by atoms with van der Waals surface area (Å²) >= 11 is 1.20. The Labute approximate surface area is 155 Å². The molecule has 2 aromatic heterocycles. The molecular formula is C17H13N3O6S. The maximum Gasteiger partial charge on any atom is 0.412 e. The molecule has 0 saturated carbocycles. The molecular weight excluding hydrogens is 374 g/mol. The number of benzene rings is 1. The number of ether oxygens (including phenoxy) is 1. The maximum absolute atomic E-state index is 12.0. The van der Waals surface area contributed by atoms with E-state index >= 15 is 0 Å². The number of thiophene rings is 1. The number of amides is 1. The molecule has 0 aliphatic rings. The van der Waals surface area contributed by atoms with Crippen LogP contribution in [0.1, 0.15) is 16.1 Å². The number of aromatic amines is 1. The van der Waals surface area contributed by atoms with Gasteiger partial charge in [0.25, 0.3) is 5.56 Å². The zero-order valence-corrected chi connectivity index (χ0v) is 14.4. The van der Waals surface area contributed by atoms with E-state index in [9.17, 15) is 19.5 Å². The summed E-state index contributed by atoms with van der Waals surface area (Å²) < 4.78 is 5.13. The number of nitrogens with one attached hydrogen (secondary N) is 2. The molecule has 9 nitrogen and oxygen atoms in total. The monoisotopic (exact) mass is 387 g/mol. The number of anilines is 1. The second kappa shape index (κ2) is 7.70. The van der Waals surface area contributed by atoms with Crippen molar-refractivity contribution in [3.05, 3.63) is 62.7 Å². The zero-order chi connectivity index (χ0) is 19.4. The number of aromatic nitrogens is 2. The van der Waals surface area contributed by atoms with Crippen LogP contribution in [-0.4, -0.2) is 32.2 Å².